The monoisotopic (exact) mass is 338 g/mol. The van der Waals surface area contributed by atoms with Crippen molar-refractivity contribution >= 4 is 5.91 Å². The fraction of sp³-hybridized carbons (Fsp3) is 0.611. The Bertz CT molecular complexity index is 597. The largest absolute Gasteiger partial charge is 0.384 e. The standard InChI is InChI=1S/C18H24F2N2O2/c1-24-13-18(5-2-6-18)17(23)22-9-7-21(8-10-22)12-14-3-4-15(19)16(20)11-14/h3-4,11H,2,5-10,12-13H2,1H3. The van der Waals surface area contributed by atoms with Gasteiger partial charge in [0.25, 0.3) is 0 Å². The number of amides is 1. The average molecular weight is 338 g/mol. The number of ether oxygens (including phenoxy) is 1. The zero-order valence-electron chi connectivity index (χ0n) is 14.1. The molecule has 0 radical (unpaired) electrons. The average Bonchev–Trinajstić information content (AvgIpc) is 2.54. The molecule has 6 heteroatoms. The molecule has 1 amide bonds. The third-order valence-corrected chi connectivity index (χ3v) is 5.23. The molecule has 2 aliphatic rings. The van der Waals surface area contributed by atoms with Crippen molar-refractivity contribution in [2.24, 2.45) is 5.41 Å². The summed E-state index contributed by atoms with van der Waals surface area (Å²) in [5.74, 6) is -1.42. The van der Waals surface area contributed by atoms with Crippen LogP contribution in [0, 0.1) is 17.0 Å². The zero-order valence-corrected chi connectivity index (χ0v) is 14.1. The Morgan fingerprint density at radius 3 is 2.42 bits per heavy atom. The maximum atomic E-state index is 13.3. The number of carbonyl (C=O) groups excluding carboxylic acids is 1. The predicted molar refractivity (Wildman–Crippen MR) is 86.4 cm³/mol. The van der Waals surface area contributed by atoms with Crippen molar-refractivity contribution in [3.05, 3.63) is 35.4 Å². The lowest BCUT2D eigenvalue weighted by molar-refractivity contribution is -0.154. The van der Waals surface area contributed by atoms with Crippen molar-refractivity contribution in [3.8, 4) is 0 Å². The summed E-state index contributed by atoms with van der Waals surface area (Å²) in [4.78, 5) is 16.9. The Labute approximate surface area is 141 Å². The molecule has 3 rings (SSSR count). The first-order valence-electron chi connectivity index (χ1n) is 8.49. The highest BCUT2D eigenvalue weighted by molar-refractivity contribution is 5.84. The van der Waals surface area contributed by atoms with E-state index in [0.717, 1.165) is 44.0 Å². The molecule has 0 unspecified atom stereocenters. The van der Waals surface area contributed by atoms with Gasteiger partial charge >= 0.3 is 0 Å². The second-order valence-electron chi connectivity index (χ2n) is 6.88. The van der Waals surface area contributed by atoms with Gasteiger partial charge < -0.3 is 9.64 Å². The second kappa shape index (κ2) is 7.15. The van der Waals surface area contributed by atoms with Crippen LogP contribution >= 0.6 is 0 Å². The van der Waals surface area contributed by atoms with Gasteiger partial charge in [-0.15, -0.1) is 0 Å². The van der Waals surface area contributed by atoms with Gasteiger partial charge in [-0.05, 0) is 30.5 Å². The van der Waals surface area contributed by atoms with Crippen molar-refractivity contribution in [1.82, 2.24) is 9.80 Å². The van der Waals surface area contributed by atoms with E-state index >= 15 is 0 Å². The minimum Gasteiger partial charge on any atom is -0.384 e. The van der Waals surface area contributed by atoms with Crippen LogP contribution in [0.3, 0.4) is 0 Å². The summed E-state index contributed by atoms with van der Waals surface area (Å²) >= 11 is 0. The van der Waals surface area contributed by atoms with Gasteiger partial charge in [0, 0.05) is 39.8 Å². The molecule has 0 bridgehead atoms. The molecule has 1 saturated heterocycles. The number of rotatable bonds is 5. The fourth-order valence-corrected chi connectivity index (χ4v) is 3.64. The lowest BCUT2D eigenvalue weighted by atomic mass is 9.68. The molecule has 2 fully saturated rings. The van der Waals surface area contributed by atoms with Gasteiger partial charge in [0.05, 0.1) is 12.0 Å². The number of nitrogens with zero attached hydrogens (tertiary/aromatic N) is 2. The van der Waals surface area contributed by atoms with Crippen LogP contribution in [0.2, 0.25) is 0 Å². The zero-order chi connectivity index (χ0) is 17.2. The highest BCUT2D eigenvalue weighted by atomic mass is 19.2. The highest BCUT2D eigenvalue weighted by Crippen LogP contribution is 2.42. The third kappa shape index (κ3) is 3.44. The van der Waals surface area contributed by atoms with Gasteiger partial charge in [0.15, 0.2) is 11.6 Å². The number of piperazine rings is 1. The molecule has 0 aromatic heterocycles. The van der Waals surface area contributed by atoms with Crippen LogP contribution in [0.4, 0.5) is 8.78 Å². The van der Waals surface area contributed by atoms with Crippen LogP contribution in [0.5, 0.6) is 0 Å². The molecule has 1 aliphatic carbocycles. The first kappa shape index (κ1) is 17.3. The Morgan fingerprint density at radius 2 is 1.88 bits per heavy atom. The van der Waals surface area contributed by atoms with E-state index in [0.29, 0.717) is 26.2 Å². The van der Waals surface area contributed by atoms with Gasteiger partial charge in [0.2, 0.25) is 5.91 Å². The van der Waals surface area contributed by atoms with Gasteiger partial charge in [-0.3, -0.25) is 9.69 Å². The van der Waals surface area contributed by atoms with E-state index in [1.807, 2.05) is 4.90 Å². The van der Waals surface area contributed by atoms with E-state index < -0.39 is 11.6 Å². The van der Waals surface area contributed by atoms with Crippen LogP contribution in [0.1, 0.15) is 24.8 Å². The molecule has 1 saturated carbocycles. The molecule has 1 heterocycles. The maximum Gasteiger partial charge on any atom is 0.231 e. The maximum absolute atomic E-state index is 13.3. The smallest absolute Gasteiger partial charge is 0.231 e. The Morgan fingerprint density at radius 1 is 1.17 bits per heavy atom. The summed E-state index contributed by atoms with van der Waals surface area (Å²) in [6, 6.07) is 4.02. The van der Waals surface area contributed by atoms with Crippen molar-refractivity contribution in [2.45, 2.75) is 25.8 Å². The molecule has 24 heavy (non-hydrogen) atoms. The summed E-state index contributed by atoms with van der Waals surface area (Å²) in [5.41, 5.74) is 0.445. The van der Waals surface area contributed by atoms with Crippen LogP contribution in [-0.2, 0) is 16.1 Å². The Hall–Kier alpha value is -1.53. The highest BCUT2D eigenvalue weighted by Gasteiger charge is 2.46. The molecule has 1 aromatic rings. The molecule has 132 valence electrons. The third-order valence-electron chi connectivity index (χ3n) is 5.23. The van der Waals surface area contributed by atoms with Crippen molar-refractivity contribution in [1.29, 1.82) is 0 Å². The number of benzene rings is 1. The summed E-state index contributed by atoms with van der Waals surface area (Å²) < 4.78 is 31.5. The number of carbonyl (C=O) groups is 1. The first-order chi connectivity index (χ1) is 11.5. The van der Waals surface area contributed by atoms with Gasteiger partial charge in [-0.1, -0.05) is 12.5 Å². The van der Waals surface area contributed by atoms with Crippen molar-refractivity contribution in [3.63, 3.8) is 0 Å². The van der Waals surface area contributed by atoms with Gasteiger partial charge in [-0.2, -0.15) is 0 Å². The van der Waals surface area contributed by atoms with Gasteiger partial charge in [0.1, 0.15) is 0 Å². The molecule has 0 N–H and O–H groups in total. The van der Waals surface area contributed by atoms with Crippen LogP contribution in [0.15, 0.2) is 18.2 Å². The Balaban J connectivity index is 1.53. The molecule has 1 aromatic carbocycles. The van der Waals surface area contributed by atoms with E-state index in [2.05, 4.69) is 4.90 Å². The number of halogens is 2. The number of hydrogen-bond acceptors (Lipinski definition) is 3. The van der Waals surface area contributed by atoms with E-state index in [9.17, 15) is 13.6 Å². The minimum absolute atomic E-state index is 0.211. The number of hydrogen-bond donors (Lipinski definition) is 0. The molecule has 1 aliphatic heterocycles. The quantitative estimate of drug-likeness (QED) is 0.827. The minimum atomic E-state index is -0.821. The topological polar surface area (TPSA) is 32.8 Å². The van der Waals surface area contributed by atoms with Crippen LogP contribution in [0.25, 0.3) is 0 Å². The van der Waals surface area contributed by atoms with Crippen molar-refractivity contribution in [2.75, 3.05) is 39.9 Å². The predicted octanol–water partition coefficient (Wildman–Crippen LogP) is 2.43. The molecular weight excluding hydrogens is 314 g/mol. The second-order valence-corrected chi connectivity index (χ2v) is 6.88. The SMILES string of the molecule is COCC1(C(=O)N2CCN(Cc3ccc(F)c(F)c3)CC2)CCC1. The summed E-state index contributed by atoms with van der Waals surface area (Å²) in [5, 5.41) is 0. The van der Waals surface area contributed by atoms with E-state index in [4.69, 9.17) is 4.74 Å². The van der Waals surface area contributed by atoms with E-state index in [1.54, 1.807) is 13.2 Å². The Kier molecular flexibility index (Phi) is 5.15. The molecular formula is C18H24F2N2O2. The summed E-state index contributed by atoms with van der Waals surface area (Å²) in [6.07, 6.45) is 2.91. The normalized spacial score (nSPS) is 20.7. The fourth-order valence-electron chi connectivity index (χ4n) is 3.64. The van der Waals surface area contributed by atoms with Gasteiger partial charge in [-0.25, -0.2) is 8.78 Å². The van der Waals surface area contributed by atoms with Crippen LogP contribution < -0.4 is 0 Å². The summed E-state index contributed by atoms with van der Waals surface area (Å²) in [6.45, 7) is 3.91. The van der Waals surface area contributed by atoms with Crippen molar-refractivity contribution < 1.29 is 18.3 Å². The number of methoxy groups -OCH3 is 1. The van der Waals surface area contributed by atoms with E-state index in [-0.39, 0.29) is 11.3 Å². The molecule has 0 spiro atoms. The lowest BCUT2D eigenvalue weighted by Gasteiger charge is -2.45. The summed E-state index contributed by atoms with van der Waals surface area (Å²) in [7, 11) is 1.65. The van der Waals surface area contributed by atoms with Crippen LogP contribution in [-0.4, -0.2) is 55.6 Å². The lowest BCUT2D eigenvalue weighted by Crippen LogP contribution is -2.56. The molecule has 4 nitrogen and oxygen atoms in total. The molecule has 0 atom stereocenters. The first-order valence-corrected chi connectivity index (χ1v) is 8.49. The van der Waals surface area contributed by atoms with E-state index in [1.165, 1.54) is 6.07 Å².